The van der Waals surface area contributed by atoms with Gasteiger partial charge in [-0.3, -0.25) is 4.79 Å². The minimum Gasteiger partial charge on any atom is -0.353 e. The van der Waals surface area contributed by atoms with Crippen molar-refractivity contribution in [3.8, 4) is 11.4 Å². The Morgan fingerprint density at radius 3 is 2.80 bits per heavy atom. The average Bonchev–Trinajstić information content (AvgIpc) is 3.44. The number of aryl methyl sites for hydroxylation is 1. The zero-order valence-electron chi connectivity index (χ0n) is 17.2. The van der Waals surface area contributed by atoms with Crippen molar-refractivity contribution < 1.29 is 17.7 Å². The Hall–Kier alpha value is -1.78. The second-order valence-corrected chi connectivity index (χ2v) is 11.1. The van der Waals surface area contributed by atoms with Crippen LogP contribution in [0.2, 0.25) is 0 Å². The van der Waals surface area contributed by atoms with Gasteiger partial charge in [-0.1, -0.05) is 31.3 Å². The molecule has 0 spiro atoms. The van der Waals surface area contributed by atoms with E-state index >= 15 is 0 Å². The summed E-state index contributed by atoms with van der Waals surface area (Å²) in [5.74, 6) is 0.614. The second-order valence-electron chi connectivity index (χ2n) is 8.07. The van der Waals surface area contributed by atoms with E-state index < -0.39 is 10.0 Å². The Bertz CT molecular complexity index is 979. The van der Waals surface area contributed by atoms with Crippen molar-refractivity contribution >= 4 is 27.3 Å². The molecule has 8 nitrogen and oxygen atoms in total. The molecule has 1 amide bonds. The fourth-order valence-electron chi connectivity index (χ4n) is 4.15. The minimum atomic E-state index is -3.66. The van der Waals surface area contributed by atoms with Crippen LogP contribution in [-0.4, -0.2) is 47.9 Å². The molecule has 0 radical (unpaired) electrons. The van der Waals surface area contributed by atoms with Gasteiger partial charge in [0, 0.05) is 36.5 Å². The Morgan fingerprint density at radius 2 is 2.07 bits per heavy atom. The van der Waals surface area contributed by atoms with Gasteiger partial charge in [-0.15, -0.1) is 11.3 Å². The summed E-state index contributed by atoms with van der Waals surface area (Å²) >= 11 is 1.15. The van der Waals surface area contributed by atoms with E-state index in [0.717, 1.165) is 43.4 Å². The quantitative estimate of drug-likeness (QED) is 0.721. The van der Waals surface area contributed by atoms with E-state index in [1.807, 2.05) is 6.92 Å². The van der Waals surface area contributed by atoms with Crippen LogP contribution in [0, 0.1) is 5.92 Å². The number of piperidine rings is 1. The molecule has 1 saturated carbocycles. The van der Waals surface area contributed by atoms with Crippen LogP contribution < -0.4 is 5.32 Å². The molecule has 2 aliphatic rings. The normalized spacial score (nSPS) is 21.6. The predicted octanol–water partition coefficient (Wildman–Crippen LogP) is 3.21. The second kappa shape index (κ2) is 9.15. The standard InChI is InChI=1S/C20H28N4O4S2/c1-2-17-22-19(23-28-17)15-11-18(29-13-15)30(26,27)24-10-6-7-14(12-24)20(25)21-16-8-4-3-5-9-16/h11,13-14,16H,2-10,12H2,1H3,(H,21,25)/t14-/m1/s1. The molecular formula is C20H28N4O4S2. The summed E-state index contributed by atoms with van der Waals surface area (Å²) in [4.78, 5) is 17.0. The van der Waals surface area contributed by atoms with Crippen LogP contribution in [-0.2, 0) is 21.2 Å². The van der Waals surface area contributed by atoms with E-state index in [4.69, 9.17) is 4.52 Å². The summed E-state index contributed by atoms with van der Waals surface area (Å²) in [5.41, 5.74) is 0.630. The lowest BCUT2D eigenvalue weighted by Gasteiger charge is -2.32. The number of nitrogens with one attached hydrogen (secondary N) is 1. The molecule has 0 bridgehead atoms. The smallest absolute Gasteiger partial charge is 0.252 e. The number of carbonyl (C=O) groups excluding carboxylic acids is 1. The van der Waals surface area contributed by atoms with E-state index in [1.165, 1.54) is 10.7 Å². The van der Waals surface area contributed by atoms with Gasteiger partial charge in [-0.05, 0) is 31.7 Å². The third-order valence-corrected chi connectivity index (χ3v) is 9.19. The van der Waals surface area contributed by atoms with Gasteiger partial charge in [-0.2, -0.15) is 9.29 Å². The zero-order valence-corrected chi connectivity index (χ0v) is 18.8. The number of rotatable bonds is 6. The summed E-state index contributed by atoms with van der Waals surface area (Å²) in [6.45, 7) is 2.58. The average molecular weight is 453 g/mol. The zero-order chi connectivity index (χ0) is 21.1. The van der Waals surface area contributed by atoms with Crippen LogP contribution in [0.1, 0.15) is 57.8 Å². The number of sulfonamides is 1. The van der Waals surface area contributed by atoms with Crippen LogP contribution in [0.4, 0.5) is 0 Å². The van der Waals surface area contributed by atoms with Crippen molar-refractivity contribution in [1.82, 2.24) is 19.8 Å². The fraction of sp³-hybridized carbons (Fsp3) is 0.650. The lowest BCUT2D eigenvalue weighted by atomic mass is 9.93. The molecule has 2 aromatic rings. The lowest BCUT2D eigenvalue weighted by Crippen LogP contribution is -2.47. The van der Waals surface area contributed by atoms with Crippen LogP contribution in [0.15, 0.2) is 20.2 Å². The number of thiophene rings is 1. The molecule has 1 aliphatic carbocycles. The first-order valence-electron chi connectivity index (χ1n) is 10.7. The molecule has 164 valence electrons. The summed E-state index contributed by atoms with van der Waals surface area (Å²) in [5, 5.41) is 8.79. The van der Waals surface area contributed by atoms with Crippen molar-refractivity contribution in [3.63, 3.8) is 0 Å². The van der Waals surface area contributed by atoms with Crippen molar-refractivity contribution in [2.24, 2.45) is 5.92 Å². The molecule has 1 saturated heterocycles. The van der Waals surface area contributed by atoms with Crippen molar-refractivity contribution in [2.45, 2.75) is 68.5 Å². The Balaban J connectivity index is 1.44. The van der Waals surface area contributed by atoms with E-state index in [1.54, 1.807) is 11.4 Å². The Kier molecular flexibility index (Phi) is 6.54. The molecule has 0 aromatic carbocycles. The van der Waals surface area contributed by atoms with Gasteiger partial charge in [0.25, 0.3) is 10.0 Å². The minimum absolute atomic E-state index is 0.00689. The maximum atomic E-state index is 13.2. The molecular weight excluding hydrogens is 424 g/mol. The first-order chi connectivity index (χ1) is 14.5. The molecule has 10 heteroatoms. The van der Waals surface area contributed by atoms with Crippen molar-refractivity contribution in [2.75, 3.05) is 13.1 Å². The number of carbonyl (C=O) groups is 1. The van der Waals surface area contributed by atoms with Gasteiger partial charge in [0.2, 0.25) is 17.6 Å². The molecule has 4 rings (SSSR count). The van der Waals surface area contributed by atoms with E-state index in [9.17, 15) is 13.2 Å². The SMILES string of the molecule is CCc1nc(-c2csc(S(=O)(=O)N3CCC[C@@H](C(=O)NC4CCCCC4)C3)c2)no1. The van der Waals surface area contributed by atoms with Crippen LogP contribution in [0.3, 0.4) is 0 Å². The number of amides is 1. The number of hydrogen-bond donors (Lipinski definition) is 1. The maximum absolute atomic E-state index is 13.2. The third kappa shape index (κ3) is 4.60. The van der Waals surface area contributed by atoms with Gasteiger partial charge in [0.05, 0.1) is 5.92 Å². The fourth-order valence-corrected chi connectivity index (χ4v) is 6.99. The van der Waals surface area contributed by atoms with Crippen LogP contribution in [0.25, 0.3) is 11.4 Å². The van der Waals surface area contributed by atoms with Crippen LogP contribution in [0.5, 0.6) is 0 Å². The molecule has 1 atom stereocenters. The Labute approximate surface area is 181 Å². The van der Waals surface area contributed by atoms with Gasteiger partial charge in [0.1, 0.15) is 4.21 Å². The predicted molar refractivity (Wildman–Crippen MR) is 113 cm³/mol. The van der Waals surface area contributed by atoms with Gasteiger partial charge in [0.15, 0.2) is 0 Å². The maximum Gasteiger partial charge on any atom is 0.252 e. The molecule has 0 unspecified atom stereocenters. The largest absolute Gasteiger partial charge is 0.353 e. The van der Waals surface area contributed by atoms with E-state index in [0.29, 0.717) is 36.7 Å². The van der Waals surface area contributed by atoms with Gasteiger partial charge in [-0.25, -0.2) is 8.42 Å². The molecule has 1 aliphatic heterocycles. The highest BCUT2D eigenvalue weighted by Crippen LogP contribution is 2.31. The number of nitrogens with zero attached hydrogens (tertiary/aromatic N) is 3. The monoisotopic (exact) mass is 452 g/mol. The third-order valence-electron chi connectivity index (χ3n) is 5.90. The summed E-state index contributed by atoms with van der Waals surface area (Å²) in [6, 6.07) is 1.83. The molecule has 30 heavy (non-hydrogen) atoms. The van der Waals surface area contributed by atoms with Gasteiger partial charge >= 0.3 is 0 Å². The highest BCUT2D eigenvalue weighted by atomic mass is 32.2. The lowest BCUT2D eigenvalue weighted by molar-refractivity contribution is -0.127. The molecule has 2 aromatic heterocycles. The number of hydrogen-bond acceptors (Lipinski definition) is 7. The van der Waals surface area contributed by atoms with E-state index in [-0.39, 0.29) is 28.6 Å². The van der Waals surface area contributed by atoms with E-state index in [2.05, 4.69) is 15.5 Å². The molecule has 1 N–H and O–H groups in total. The molecule has 2 fully saturated rings. The summed E-state index contributed by atoms with van der Waals surface area (Å²) in [6.07, 6.45) is 7.61. The first-order valence-corrected chi connectivity index (χ1v) is 13.0. The first kappa shape index (κ1) is 21.5. The summed E-state index contributed by atoms with van der Waals surface area (Å²) < 4.78 is 33.2. The topological polar surface area (TPSA) is 105 Å². The van der Waals surface area contributed by atoms with Crippen LogP contribution >= 0.6 is 11.3 Å². The van der Waals surface area contributed by atoms with Crippen molar-refractivity contribution in [1.29, 1.82) is 0 Å². The highest BCUT2D eigenvalue weighted by molar-refractivity contribution is 7.91. The summed E-state index contributed by atoms with van der Waals surface area (Å²) in [7, 11) is -3.66. The Morgan fingerprint density at radius 1 is 1.27 bits per heavy atom. The van der Waals surface area contributed by atoms with Crippen molar-refractivity contribution in [3.05, 3.63) is 17.3 Å². The molecule has 3 heterocycles. The highest BCUT2D eigenvalue weighted by Gasteiger charge is 2.35. The number of aromatic nitrogens is 2. The van der Waals surface area contributed by atoms with Gasteiger partial charge < -0.3 is 9.84 Å².